The largest absolute Gasteiger partial charge is 0.480 e. The number of aromatic nitrogens is 2. The summed E-state index contributed by atoms with van der Waals surface area (Å²) in [6.07, 6.45) is 1.02. The number of imidazole rings is 1. The molecular weight excluding hydrogens is 302 g/mol. The zero-order valence-electron chi connectivity index (χ0n) is 13.4. The monoisotopic (exact) mass is 321 g/mol. The molecule has 0 spiro atoms. The number of carboxylic acid groups (broad SMARTS) is 1. The van der Waals surface area contributed by atoms with Crippen molar-refractivity contribution in [2.75, 3.05) is 6.54 Å². The molecule has 0 atom stereocenters. The predicted molar refractivity (Wildman–Crippen MR) is 91.6 cm³/mol. The Morgan fingerprint density at radius 1 is 1.08 bits per heavy atom. The molecule has 0 saturated heterocycles. The van der Waals surface area contributed by atoms with Crippen LogP contribution in [0.25, 0.3) is 11.0 Å². The molecule has 5 heteroatoms. The molecule has 24 heavy (non-hydrogen) atoms. The smallest absolute Gasteiger partial charge is 0.323 e. The van der Waals surface area contributed by atoms with Crippen LogP contribution in [0, 0.1) is 0 Å². The molecule has 0 radical (unpaired) electrons. The molecule has 4 rings (SSSR count). The summed E-state index contributed by atoms with van der Waals surface area (Å²) in [5.74, 6) is -0.0265. The second-order valence-corrected chi connectivity index (χ2v) is 6.23. The fraction of sp³-hybridized carbons (Fsp3) is 0.263. The third-order valence-electron chi connectivity index (χ3n) is 4.60. The van der Waals surface area contributed by atoms with Gasteiger partial charge in [0.2, 0.25) is 0 Å². The summed E-state index contributed by atoms with van der Waals surface area (Å²) in [4.78, 5) is 18.3. The van der Waals surface area contributed by atoms with E-state index in [2.05, 4.69) is 34.1 Å². The third kappa shape index (κ3) is 2.78. The van der Waals surface area contributed by atoms with E-state index in [1.165, 1.54) is 11.1 Å². The van der Waals surface area contributed by atoms with Crippen LogP contribution < -0.4 is 0 Å². The lowest BCUT2D eigenvalue weighted by Gasteiger charge is -2.28. The summed E-state index contributed by atoms with van der Waals surface area (Å²) in [5.41, 5.74) is 4.50. The second-order valence-electron chi connectivity index (χ2n) is 6.23. The molecule has 1 aromatic heterocycles. The number of nitrogens with zero attached hydrogens (tertiary/aromatic N) is 3. The molecule has 0 amide bonds. The first-order chi connectivity index (χ1) is 11.7. The molecular formula is C19H19N3O2. The zero-order chi connectivity index (χ0) is 16.5. The molecule has 0 aliphatic carbocycles. The summed E-state index contributed by atoms with van der Waals surface area (Å²) >= 11 is 0. The Balaban J connectivity index is 1.64. The lowest BCUT2D eigenvalue weighted by molar-refractivity contribution is -0.137. The summed E-state index contributed by atoms with van der Waals surface area (Å²) in [7, 11) is 0. The number of aliphatic carboxylic acids is 1. The third-order valence-corrected chi connectivity index (χ3v) is 4.60. The maximum absolute atomic E-state index is 11.3. The predicted octanol–water partition coefficient (Wildman–Crippen LogP) is 2.68. The summed E-state index contributed by atoms with van der Waals surface area (Å²) in [6.45, 7) is 2.45. The second kappa shape index (κ2) is 6.09. The Morgan fingerprint density at radius 3 is 2.67 bits per heavy atom. The Bertz CT molecular complexity index is 901. The maximum Gasteiger partial charge on any atom is 0.323 e. The van der Waals surface area contributed by atoms with Crippen LogP contribution in [-0.2, 0) is 30.8 Å². The van der Waals surface area contributed by atoms with E-state index < -0.39 is 5.97 Å². The van der Waals surface area contributed by atoms with Crippen molar-refractivity contribution in [2.24, 2.45) is 0 Å². The van der Waals surface area contributed by atoms with E-state index in [1.54, 1.807) is 0 Å². The standard InChI is InChI=1S/C19H19N3O2/c23-19(24)13-22-17-8-4-3-7-16(17)20-18(22)12-21-10-9-14-5-1-2-6-15(14)11-21/h1-8H,9-13H2,(H,23,24). The molecule has 0 saturated carbocycles. The van der Waals surface area contributed by atoms with Gasteiger partial charge in [0.25, 0.3) is 0 Å². The number of carboxylic acids is 1. The van der Waals surface area contributed by atoms with E-state index >= 15 is 0 Å². The lowest BCUT2D eigenvalue weighted by Crippen LogP contribution is -2.31. The number of hydrogen-bond acceptors (Lipinski definition) is 3. The number of para-hydroxylation sites is 2. The van der Waals surface area contributed by atoms with E-state index in [1.807, 2.05) is 28.8 Å². The minimum Gasteiger partial charge on any atom is -0.480 e. The van der Waals surface area contributed by atoms with Gasteiger partial charge >= 0.3 is 5.97 Å². The fourth-order valence-electron chi connectivity index (χ4n) is 3.45. The molecule has 0 unspecified atom stereocenters. The van der Waals surface area contributed by atoms with Gasteiger partial charge in [-0.1, -0.05) is 36.4 Å². The van der Waals surface area contributed by atoms with Crippen LogP contribution in [-0.4, -0.2) is 32.1 Å². The van der Waals surface area contributed by atoms with E-state index in [-0.39, 0.29) is 6.54 Å². The quantitative estimate of drug-likeness (QED) is 0.803. The molecule has 2 aromatic carbocycles. The van der Waals surface area contributed by atoms with Crippen molar-refractivity contribution >= 4 is 17.0 Å². The van der Waals surface area contributed by atoms with Gasteiger partial charge in [0.1, 0.15) is 12.4 Å². The van der Waals surface area contributed by atoms with E-state index in [9.17, 15) is 9.90 Å². The number of hydrogen-bond donors (Lipinski definition) is 1. The van der Waals surface area contributed by atoms with Crippen molar-refractivity contribution in [2.45, 2.75) is 26.1 Å². The SMILES string of the molecule is O=C(O)Cn1c(CN2CCc3ccccc3C2)nc2ccccc21. The highest BCUT2D eigenvalue weighted by Crippen LogP contribution is 2.22. The van der Waals surface area contributed by atoms with Crippen molar-refractivity contribution in [3.05, 3.63) is 65.5 Å². The van der Waals surface area contributed by atoms with Crippen LogP contribution in [0.3, 0.4) is 0 Å². The van der Waals surface area contributed by atoms with Crippen molar-refractivity contribution in [1.82, 2.24) is 14.5 Å². The van der Waals surface area contributed by atoms with E-state index in [0.717, 1.165) is 36.4 Å². The minimum absolute atomic E-state index is 0.0553. The number of benzene rings is 2. The molecule has 0 fully saturated rings. The number of fused-ring (bicyclic) bond motifs is 2. The van der Waals surface area contributed by atoms with Crippen LogP contribution in [0.4, 0.5) is 0 Å². The van der Waals surface area contributed by atoms with Gasteiger partial charge in [0, 0.05) is 13.1 Å². The Labute approximate surface area is 140 Å². The molecule has 5 nitrogen and oxygen atoms in total. The van der Waals surface area contributed by atoms with Gasteiger partial charge in [-0.3, -0.25) is 9.69 Å². The number of rotatable bonds is 4. The van der Waals surface area contributed by atoms with Gasteiger partial charge in [0.15, 0.2) is 0 Å². The average Bonchev–Trinajstić information content (AvgIpc) is 2.92. The van der Waals surface area contributed by atoms with Crippen LogP contribution in [0.15, 0.2) is 48.5 Å². The van der Waals surface area contributed by atoms with Gasteiger partial charge < -0.3 is 9.67 Å². The van der Waals surface area contributed by atoms with Gasteiger partial charge in [-0.15, -0.1) is 0 Å². The lowest BCUT2D eigenvalue weighted by atomic mass is 10.00. The molecule has 1 N–H and O–H groups in total. The molecule has 1 aliphatic rings. The van der Waals surface area contributed by atoms with Crippen molar-refractivity contribution in [1.29, 1.82) is 0 Å². The molecule has 1 aliphatic heterocycles. The Hall–Kier alpha value is -2.66. The van der Waals surface area contributed by atoms with Crippen LogP contribution in [0.2, 0.25) is 0 Å². The van der Waals surface area contributed by atoms with Crippen molar-refractivity contribution in [3.8, 4) is 0 Å². The minimum atomic E-state index is -0.844. The van der Waals surface area contributed by atoms with Gasteiger partial charge in [-0.2, -0.15) is 0 Å². The summed E-state index contributed by atoms with van der Waals surface area (Å²) < 4.78 is 1.82. The molecule has 0 bridgehead atoms. The van der Waals surface area contributed by atoms with Crippen molar-refractivity contribution < 1.29 is 9.90 Å². The van der Waals surface area contributed by atoms with Gasteiger partial charge in [-0.25, -0.2) is 4.98 Å². The van der Waals surface area contributed by atoms with Gasteiger partial charge in [0.05, 0.1) is 17.6 Å². The Morgan fingerprint density at radius 2 is 1.83 bits per heavy atom. The first-order valence-corrected chi connectivity index (χ1v) is 8.16. The van der Waals surface area contributed by atoms with E-state index in [4.69, 9.17) is 0 Å². The first-order valence-electron chi connectivity index (χ1n) is 8.16. The highest BCUT2D eigenvalue weighted by atomic mass is 16.4. The topological polar surface area (TPSA) is 58.4 Å². The maximum atomic E-state index is 11.3. The Kier molecular flexibility index (Phi) is 3.78. The van der Waals surface area contributed by atoms with Gasteiger partial charge in [-0.05, 0) is 29.7 Å². The molecule has 122 valence electrons. The highest BCUT2D eigenvalue weighted by molar-refractivity contribution is 5.78. The van der Waals surface area contributed by atoms with E-state index in [0.29, 0.717) is 6.54 Å². The van der Waals surface area contributed by atoms with Crippen LogP contribution in [0.5, 0.6) is 0 Å². The highest BCUT2D eigenvalue weighted by Gasteiger charge is 2.20. The fourth-order valence-corrected chi connectivity index (χ4v) is 3.45. The zero-order valence-corrected chi connectivity index (χ0v) is 13.4. The van der Waals surface area contributed by atoms with Crippen molar-refractivity contribution in [3.63, 3.8) is 0 Å². The normalized spacial score (nSPS) is 14.7. The van der Waals surface area contributed by atoms with Crippen LogP contribution in [0.1, 0.15) is 17.0 Å². The number of carbonyl (C=O) groups is 1. The first kappa shape index (κ1) is 14.9. The summed E-state index contributed by atoms with van der Waals surface area (Å²) in [6, 6.07) is 16.2. The average molecular weight is 321 g/mol. The molecule has 3 aromatic rings. The molecule has 2 heterocycles. The summed E-state index contributed by atoms with van der Waals surface area (Å²) in [5, 5.41) is 9.24. The van der Waals surface area contributed by atoms with Crippen LogP contribution >= 0.6 is 0 Å².